The van der Waals surface area contributed by atoms with Crippen LogP contribution < -0.4 is 0 Å². The van der Waals surface area contributed by atoms with Crippen LogP contribution in [0.5, 0.6) is 0 Å². The minimum absolute atomic E-state index is 0.0657. The van der Waals surface area contributed by atoms with Gasteiger partial charge in [0.25, 0.3) is 0 Å². The molecule has 32 heavy (non-hydrogen) atoms. The maximum absolute atomic E-state index is 14.8. The van der Waals surface area contributed by atoms with E-state index in [1.807, 2.05) is 0 Å². The van der Waals surface area contributed by atoms with Crippen molar-refractivity contribution < 1.29 is 27.0 Å². The molecule has 0 radical (unpaired) electrons. The van der Waals surface area contributed by atoms with E-state index in [9.17, 15) is 17.6 Å². The van der Waals surface area contributed by atoms with Gasteiger partial charge in [0.15, 0.2) is 11.6 Å². The van der Waals surface area contributed by atoms with Gasteiger partial charge in [-0.3, -0.25) is 0 Å². The molecule has 6 heteroatoms. The molecule has 3 rings (SSSR count). The fraction of sp³-hybridized carbons (Fsp3) is 0.769. The van der Waals surface area contributed by atoms with Crippen molar-refractivity contribution in [2.45, 2.75) is 115 Å². The number of ether oxygens (including phenoxy) is 2. The zero-order valence-electron chi connectivity index (χ0n) is 19.5. The van der Waals surface area contributed by atoms with Crippen molar-refractivity contribution in [3.8, 4) is 0 Å². The molecule has 1 aromatic rings. The minimum atomic E-state index is -3.86. The van der Waals surface area contributed by atoms with Gasteiger partial charge in [0.2, 0.25) is 0 Å². The van der Waals surface area contributed by atoms with Crippen molar-refractivity contribution in [3.63, 3.8) is 0 Å². The van der Waals surface area contributed by atoms with Crippen molar-refractivity contribution in [2.24, 2.45) is 5.92 Å². The van der Waals surface area contributed by atoms with E-state index >= 15 is 0 Å². The number of rotatable bonds is 10. The highest BCUT2D eigenvalue weighted by Gasteiger charge is 2.41. The van der Waals surface area contributed by atoms with Crippen LogP contribution in [0, 0.1) is 17.6 Å². The van der Waals surface area contributed by atoms with Crippen LogP contribution in [0.25, 0.3) is 0 Å². The van der Waals surface area contributed by atoms with Gasteiger partial charge in [0.1, 0.15) is 0 Å². The fourth-order valence-electron chi connectivity index (χ4n) is 5.26. The first-order chi connectivity index (χ1) is 15.4. The van der Waals surface area contributed by atoms with Crippen LogP contribution in [0.2, 0.25) is 0 Å². The average Bonchev–Trinajstić information content (AvgIpc) is 2.77. The summed E-state index contributed by atoms with van der Waals surface area (Å²) in [6, 6.07) is 2.36. The smallest absolute Gasteiger partial charge is 0.378 e. The molecule has 2 nitrogen and oxygen atoms in total. The Balaban J connectivity index is 1.59. The molecule has 2 aliphatic rings. The van der Waals surface area contributed by atoms with E-state index in [4.69, 9.17) is 9.47 Å². The van der Waals surface area contributed by atoms with Gasteiger partial charge >= 0.3 is 6.11 Å². The van der Waals surface area contributed by atoms with E-state index in [2.05, 4.69) is 13.8 Å². The summed E-state index contributed by atoms with van der Waals surface area (Å²) in [5.74, 6) is -2.09. The van der Waals surface area contributed by atoms with Crippen LogP contribution in [0.3, 0.4) is 0 Å². The molecule has 0 bridgehead atoms. The Hall–Kier alpha value is -1.14. The van der Waals surface area contributed by atoms with Gasteiger partial charge in [-0.05, 0) is 81.3 Å². The van der Waals surface area contributed by atoms with Crippen molar-refractivity contribution in [1.29, 1.82) is 0 Å². The third-order valence-corrected chi connectivity index (χ3v) is 7.20. The number of halogens is 4. The lowest BCUT2D eigenvalue weighted by Crippen LogP contribution is -2.32. The van der Waals surface area contributed by atoms with Crippen LogP contribution in [0.1, 0.15) is 108 Å². The molecular formula is C26H38F4O2. The highest BCUT2D eigenvalue weighted by molar-refractivity contribution is 5.31. The Bertz CT molecular complexity index is 708. The Labute approximate surface area is 190 Å². The zero-order valence-corrected chi connectivity index (χ0v) is 19.5. The summed E-state index contributed by atoms with van der Waals surface area (Å²) < 4.78 is 69.9. The summed E-state index contributed by atoms with van der Waals surface area (Å²) in [5, 5.41) is 0. The lowest BCUT2D eigenvalue weighted by Gasteiger charge is -2.32. The lowest BCUT2D eigenvalue weighted by molar-refractivity contribution is -0.280. The molecule has 1 aromatic carbocycles. The van der Waals surface area contributed by atoms with Gasteiger partial charge in [-0.1, -0.05) is 39.2 Å². The SMILES string of the molecule is CCCCOC1CCC(OC(F)(F)c2ccc(C3CCC(CCC)CC3)c(F)c2F)CC1. The highest BCUT2D eigenvalue weighted by Crippen LogP contribution is 2.42. The van der Waals surface area contributed by atoms with Crippen LogP contribution >= 0.6 is 0 Å². The van der Waals surface area contributed by atoms with Gasteiger partial charge in [0, 0.05) is 6.61 Å². The summed E-state index contributed by atoms with van der Waals surface area (Å²) in [5.41, 5.74) is -0.776. The van der Waals surface area contributed by atoms with E-state index in [1.165, 1.54) is 6.07 Å². The number of hydrogen-bond acceptors (Lipinski definition) is 2. The van der Waals surface area contributed by atoms with Gasteiger partial charge < -0.3 is 9.47 Å². The lowest BCUT2D eigenvalue weighted by atomic mass is 9.77. The van der Waals surface area contributed by atoms with Gasteiger partial charge in [-0.25, -0.2) is 8.78 Å². The Morgan fingerprint density at radius 3 is 2.12 bits per heavy atom. The van der Waals surface area contributed by atoms with Gasteiger partial charge in [-0.2, -0.15) is 8.78 Å². The average molecular weight is 459 g/mol. The molecule has 0 aliphatic heterocycles. The molecule has 2 fully saturated rings. The monoisotopic (exact) mass is 458 g/mol. The second kappa shape index (κ2) is 11.8. The molecule has 0 saturated heterocycles. The standard InChI is InChI=1S/C26H38F4O2/c1-3-5-17-31-20-11-13-21(14-12-20)32-26(29,30)23-16-15-22(24(27)25(23)28)19-9-7-18(6-4-2)8-10-19/h15-16,18-21H,3-14,17H2,1-2H3. The molecular weight excluding hydrogens is 420 g/mol. The summed E-state index contributed by atoms with van der Waals surface area (Å²) >= 11 is 0. The topological polar surface area (TPSA) is 18.5 Å². The fourth-order valence-corrected chi connectivity index (χ4v) is 5.26. The molecule has 0 amide bonds. The van der Waals surface area contributed by atoms with Crippen molar-refractivity contribution in [3.05, 3.63) is 34.9 Å². The number of hydrogen-bond donors (Lipinski definition) is 0. The van der Waals surface area contributed by atoms with Crippen molar-refractivity contribution in [1.82, 2.24) is 0 Å². The molecule has 0 atom stereocenters. The first kappa shape index (κ1) is 25.5. The minimum Gasteiger partial charge on any atom is -0.378 e. The highest BCUT2D eigenvalue weighted by atomic mass is 19.3. The predicted octanol–water partition coefficient (Wildman–Crippen LogP) is 8.23. The quantitative estimate of drug-likeness (QED) is 0.260. The maximum atomic E-state index is 14.8. The van der Waals surface area contributed by atoms with Gasteiger partial charge in [0.05, 0.1) is 17.8 Å². The predicted molar refractivity (Wildman–Crippen MR) is 118 cm³/mol. The van der Waals surface area contributed by atoms with Crippen LogP contribution in [-0.2, 0) is 15.6 Å². The second-order valence-electron chi connectivity index (χ2n) is 9.59. The summed E-state index contributed by atoms with van der Waals surface area (Å²) in [6.07, 6.45) is 5.46. The first-order valence-corrected chi connectivity index (χ1v) is 12.5. The van der Waals surface area contributed by atoms with Crippen LogP contribution in [-0.4, -0.2) is 18.8 Å². The third-order valence-electron chi connectivity index (χ3n) is 7.20. The molecule has 182 valence electrons. The number of benzene rings is 1. The van der Waals surface area contributed by atoms with Crippen LogP contribution in [0.15, 0.2) is 12.1 Å². The Morgan fingerprint density at radius 1 is 0.844 bits per heavy atom. The molecule has 0 unspecified atom stereocenters. The third kappa shape index (κ3) is 6.47. The molecule has 2 saturated carbocycles. The van der Waals surface area contributed by atoms with E-state index in [1.54, 1.807) is 0 Å². The Kier molecular flexibility index (Phi) is 9.42. The van der Waals surface area contributed by atoms with Crippen molar-refractivity contribution in [2.75, 3.05) is 6.61 Å². The molecule has 0 spiro atoms. The number of unbranched alkanes of at least 4 members (excludes halogenated alkanes) is 1. The van der Waals surface area contributed by atoms with E-state index in [0.29, 0.717) is 38.2 Å². The summed E-state index contributed by atoms with van der Waals surface area (Å²) in [4.78, 5) is 0. The molecule has 0 N–H and O–H groups in total. The number of alkyl halides is 2. The normalized spacial score (nSPS) is 26.9. The van der Waals surface area contributed by atoms with E-state index in [0.717, 1.165) is 57.4 Å². The summed E-state index contributed by atoms with van der Waals surface area (Å²) in [7, 11) is 0. The second-order valence-corrected chi connectivity index (χ2v) is 9.59. The molecule has 0 heterocycles. The molecule has 2 aliphatic carbocycles. The van der Waals surface area contributed by atoms with E-state index in [-0.39, 0.29) is 17.6 Å². The molecule has 0 aromatic heterocycles. The van der Waals surface area contributed by atoms with Gasteiger partial charge in [-0.15, -0.1) is 0 Å². The van der Waals surface area contributed by atoms with Crippen molar-refractivity contribution >= 4 is 0 Å². The maximum Gasteiger partial charge on any atom is 0.386 e. The first-order valence-electron chi connectivity index (χ1n) is 12.5. The Morgan fingerprint density at radius 2 is 1.50 bits per heavy atom. The zero-order chi connectivity index (χ0) is 23.1. The van der Waals surface area contributed by atoms with E-state index < -0.39 is 29.4 Å². The van der Waals surface area contributed by atoms with Crippen LogP contribution in [0.4, 0.5) is 17.6 Å². The largest absolute Gasteiger partial charge is 0.386 e. The summed E-state index contributed by atoms with van der Waals surface area (Å²) in [6.45, 7) is 4.91.